The molecule has 39 heavy (non-hydrogen) atoms. The number of ether oxygens (including phenoxy) is 1. The fourth-order valence-corrected chi connectivity index (χ4v) is 4.14. The van der Waals surface area contributed by atoms with Gasteiger partial charge in [-0.25, -0.2) is 14.2 Å². The van der Waals surface area contributed by atoms with Crippen LogP contribution in [0.2, 0.25) is 5.02 Å². The molecule has 202 valence electrons. The normalized spacial score (nSPS) is 12.9. The highest BCUT2D eigenvalue weighted by Gasteiger charge is 2.21. The number of aromatic nitrogens is 1. The third kappa shape index (κ3) is 7.08. The molecule has 0 bridgehead atoms. The molecule has 0 radical (unpaired) electrons. The summed E-state index contributed by atoms with van der Waals surface area (Å²) in [7, 11) is 0. The van der Waals surface area contributed by atoms with E-state index in [4.69, 9.17) is 26.9 Å². The smallest absolute Gasteiger partial charge is 0.341 e. The zero-order valence-corrected chi connectivity index (χ0v) is 21.4. The van der Waals surface area contributed by atoms with E-state index >= 15 is 4.39 Å². The number of nitrogens with zero attached hydrogens (tertiary/aromatic N) is 2. The lowest BCUT2D eigenvalue weighted by Crippen LogP contribution is -2.35. The van der Waals surface area contributed by atoms with Crippen molar-refractivity contribution in [3.63, 3.8) is 0 Å². The number of pyridine rings is 1. The Hall–Kier alpha value is -4.51. The molecule has 3 aromatic rings. The number of nitrogens with one attached hydrogen (secondary N) is 3. The van der Waals surface area contributed by atoms with Gasteiger partial charge in [0.2, 0.25) is 0 Å². The highest BCUT2D eigenvalue weighted by atomic mass is 35.5. The number of anilines is 2. The topological polar surface area (TPSA) is 145 Å². The molecule has 4 N–H and O–H groups in total. The summed E-state index contributed by atoms with van der Waals surface area (Å²) in [5.41, 5.74) is 0.0362. The summed E-state index contributed by atoms with van der Waals surface area (Å²) in [4.78, 5) is 42.8. The van der Waals surface area contributed by atoms with E-state index in [9.17, 15) is 14.4 Å². The van der Waals surface area contributed by atoms with Crippen LogP contribution in [0.4, 0.5) is 15.9 Å². The van der Waals surface area contributed by atoms with Crippen molar-refractivity contribution in [3.8, 4) is 5.75 Å². The molecular weight excluding hydrogens is 529 g/mol. The van der Waals surface area contributed by atoms with Crippen LogP contribution in [-0.4, -0.2) is 58.3 Å². The maximum Gasteiger partial charge on any atom is 0.341 e. The number of amidine groups is 1. The number of carboxylic acids is 1. The van der Waals surface area contributed by atoms with Crippen LogP contribution in [0.15, 0.2) is 54.7 Å². The van der Waals surface area contributed by atoms with Crippen molar-refractivity contribution in [3.05, 3.63) is 82.3 Å². The fourth-order valence-electron chi connectivity index (χ4n) is 4.02. The molecule has 10 nitrogen and oxygen atoms in total. The number of carbonyl (C=O) groups is 3. The van der Waals surface area contributed by atoms with Gasteiger partial charge in [-0.1, -0.05) is 17.7 Å². The predicted molar refractivity (Wildman–Crippen MR) is 143 cm³/mol. The largest absolute Gasteiger partial charge is 0.482 e. The molecule has 0 aliphatic carbocycles. The van der Waals surface area contributed by atoms with Crippen molar-refractivity contribution in [2.45, 2.75) is 19.3 Å². The number of hydrogen-bond donors (Lipinski definition) is 4. The minimum Gasteiger partial charge on any atom is -0.482 e. The molecule has 1 aromatic heterocycles. The number of piperidine rings is 1. The van der Waals surface area contributed by atoms with Gasteiger partial charge in [-0.05, 0) is 61.7 Å². The first-order valence-corrected chi connectivity index (χ1v) is 12.5. The van der Waals surface area contributed by atoms with Crippen molar-refractivity contribution >= 4 is 46.7 Å². The highest BCUT2D eigenvalue weighted by molar-refractivity contribution is 6.30. The summed E-state index contributed by atoms with van der Waals surface area (Å²) in [6.07, 6.45) is 4.37. The summed E-state index contributed by atoms with van der Waals surface area (Å²) in [5, 5.41) is 22.7. The number of rotatable bonds is 8. The second-order valence-corrected chi connectivity index (χ2v) is 9.19. The zero-order valence-electron chi connectivity index (χ0n) is 20.7. The van der Waals surface area contributed by atoms with Crippen LogP contribution in [0.3, 0.4) is 0 Å². The summed E-state index contributed by atoms with van der Waals surface area (Å²) in [5.74, 6) is -3.09. The molecule has 0 atom stereocenters. The van der Waals surface area contributed by atoms with Crippen molar-refractivity contribution in [2.75, 3.05) is 30.3 Å². The van der Waals surface area contributed by atoms with E-state index in [1.54, 1.807) is 0 Å². The maximum atomic E-state index is 15.0. The van der Waals surface area contributed by atoms with Gasteiger partial charge in [-0.2, -0.15) is 0 Å². The number of carbonyl (C=O) groups excluding carboxylic acids is 2. The number of benzene rings is 2. The Bertz CT molecular complexity index is 1410. The Morgan fingerprint density at radius 2 is 1.74 bits per heavy atom. The molecule has 0 unspecified atom stereocenters. The molecule has 1 aliphatic heterocycles. The fraction of sp³-hybridized carbons (Fsp3) is 0.222. The minimum absolute atomic E-state index is 0.0266. The van der Waals surface area contributed by atoms with Crippen molar-refractivity contribution < 1.29 is 28.6 Å². The molecule has 1 saturated heterocycles. The van der Waals surface area contributed by atoms with Gasteiger partial charge in [-0.15, -0.1) is 0 Å². The number of hydrogen-bond acceptors (Lipinski definition) is 6. The van der Waals surface area contributed by atoms with E-state index in [0.717, 1.165) is 38.4 Å². The summed E-state index contributed by atoms with van der Waals surface area (Å²) < 4.78 is 20.2. The Balaban J connectivity index is 1.56. The van der Waals surface area contributed by atoms with Crippen LogP contribution in [0.1, 0.15) is 45.5 Å². The quantitative estimate of drug-likeness (QED) is 0.234. The third-order valence-corrected chi connectivity index (χ3v) is 6.20. The van der Waals surface area contributed by atoms with Gasteiger partial charge < -0.3 is 25.4 Å². The van der Waals surface area contributed by atoms with Crippen molar-refractivity contribution in [1.29, 1.82) is 5.41 Å². The monoisotopic (exact) mass is 553 g/mol. The molecule has 2 amide bonds. The SMILES string of the molecule is N=C(c1ccc(C(=O)Nc2ccc(OCC(=O)O)cc2C(=O)Nc2ccc(Cl)cn2)c(F)c1)N1CCCCC1. The van der Waals surface area contributed by atoms with Gasteiger partial charge in [0.05, 0.1) is 21.8 Å². The zero-order chi connectivity index (χ0) is 27.9. The molecule has 4 rings (SSSR count). The molecule has 2 heterocycles. The molecule has 2 aromatic carbocycles. The number of halogens is 2. The highest BCUT2D eigenvalue weighted by Crippen LogP contribution is 2.25. The second-order valence-electron chi connectivity index (χ2n) is 8.75. The van der Waals surface area contributed by atoms with Gasteiger partial charge in [0, 0.05) is 24.8 Å². The lowest BCUT2D eigenvalue weighted by Gasteiger charge is -2.29. The van der Waals surface area contributed by atoms with Gasteiger partial charge in [0.25, 0.3) is 11.8 Å². The average molecular weight is 554 g/mol. The van der Waals surface area contributed by atoms with Gasteiger partial charge >= 0.3 is 5.97 Å². The summed E-state index contributed by atoms with van der Waals surface area (Å²) in [6.45, 7) is 0.811. The van der Waals surface area contributed by atoms with Gasteiger partial charge in [0.1, 0.15) is 23.2 Å². The van der Waals surface area contributed by atoms with E-state index in [0.29, 0.717) is 10.6 Å². The first-order valence-electron chi connectivity index (χ1n) is 12.1. The average Bonchev–Trinajstić information content (AvgIpc) is 2.93. The third-order valence-electron chi connectivity index (χ3n) is 5.97. The van der Waals surface area contributed by atoms with E-state index in [-0.39, 0.29) is 34.2 Å². The minimum atomic E-state index is -1.21. The van der Waals surface area contributed by atoms with Crippen LogP contribution < -0.4 is 15.4 Å². The lowest BCUT2D eigenvalue weighted by atomic mass is 10.1. The van der Waals surface area contributed by atoms with Crippen LogP contribution in [-0.2, 0) is 4.79 Å². The van der Waals surface area contributed by atoms with Crippen LogP contribution in [0.5, 0.6) is 5.75 Å². The molecule has 1 fully saturated rings. The molecule has 12 heteroatoms. The lowest BCUT2D eigenvalue weighted by molar-refractivity contribution is -0.139. The molecule has 0 spiro atoms. The molecular formula is C27H25ClFN5O5. The Kier molecular flexibility index (Phi) is 8.72. The maximum absolute atomic E-state index is 15.0. The van der Waals surface area contributed by atoms with E-state index in [2.05, 4.69) is 15.6 Å². The van der Waals surface area contributed by atoms with E-state index in [1.165, 1.54) is 48.7 Å². The van der Waals surface area contributed by atoms with Crippen LogP contribution >= 0.6 is 11.6 Å². The predicted octanol–water partition coefficient (Wildman–Crippen LogP) is 4.65. The Morgan fingerprint density at radius 1 is 1.00 bits per heavy atom. The van der Waals surface area contributed by atoms with Crippen LogP contribution in [0, 0.1) is 11.2 Å². The number of likely N-dealkylation sites (tertiary alicyclic amines) is 1. The Labute approximate surface area is 228 Å². The van der Waals surface area contributed by atoms with Gasteiger partial charge in [0.15, 0.2) is 6.61 Å². The van der Waals surface area contributed by atoms with Crippen molar-refractivity contribution in [2.24, 2.45) is 0 Å². The van der Waals surface area contributed by atoms with Gasteiger partial charge in [-0.3, -0.25) is 15.0 Å². The standard InChI is InChI=1S/C27H25ClFN5O5/c28-17-5-9-23(31-14-17)33-27(38)20-13-18(39-15-24(35)36)6-8-22(20)32-26(37)19-7-4-16(12-21(19)29)25(30)34-10-2-1-3-11-34/h4-9,12-14,30H,1-3,10-11,15H2,(H,32,37)(H,35,36)(H,31,33,38). The number of amides is 2. The molecule has 1 aliphatic rings. The summed E-state index contributed by atoms with van der Waals surface area (Å²) in [6, 6.07) is 10.9. The van der Waals surface area contributed by atoms with E-state index in [1.807, 2.05) is 4.90 Å². The first kappa shape index (κ1) is 27.5. The van der Waals surface area contributed by atoms with Crippen molar-refractivity contribution in [1.82, 2.24) is 9.88 Å². The van der Waals surface area contributed by atoms with Crippen LogP contribution in [0.25, 0.3) is 0 Å². The second kappa shape index (κ2) is 12.4. The molecule has 0 saturated carbocycles. The summed E-state index contributed by atoms with van der Waals surface area (Å²) >= 11 is 5.83. The first-order chi connectivity index (χ1) is 18.7. The van der Waals surface area contributed by atoms with E-state index < -0.39 is 30.2 Å². The number of aliphatic carboxylic acids is 1. The Morgan fingerprint density at radius 3 is 2.41 bits per heavy atom. The number of carboxylic acid groups (broad SMARTS) is 1.